The van der Waals surface area contributed by atoms with Crippen molar-refractivity contribution in [2.24, 2.45) is 10.3 Å². The zero-order valence-corrected chi connectivity index (χ0v) is 6.73. The molecule has 0 fully saturated rings. The van der Waals surface area contributed by atoms with E-state index in [9.17, 15) is 4.91 Å². The molecule has 0 bridgehead atoms. The average molecular weight is 148 g/mol. The fourth-order valence-electron chi connectivity index (χ4n) is 0.499. The van der Waals surface area contributed by atoms with Crippen molar-refractivity contribution in [1.82, 2.24) is 0 Å². The van der Waals surface area contributed by atoms with E-state index in [-0.39, 0.29) is 0 Å². The first kappa shape index (κ1) is 6.61. The molecular weight excluding hydrogens is 136 g/mol. The predicted molar refractivity (Wildman–Crippen MR) is 43.4 cm³/mol. The van der Waals surface area contributed by atoms with E-state index in [2.05, 4.69) is 4.58 Å². The molecule has 1 heterocycles. The number of nitrogens with two attached hydrogens (primary N) is 1. The quantitative estimate of drug-likeness (QED) is 0.568. The number of rotatable bonds is 1. The molecule has 9 heavy (non-hydrogen) atoms. The van der Waals surface area contributed by atoms with Crippen LogP contribution in [0.4, 0.5) is 0 Å². The van der Waals surface area contributed by atoms with Crippen molar-refractivity contribution in [3.63, 3.8) is 0 Å². The Balaban J connectivity index is 3.16. The first-order chi connectivity index (χ1) is 3.73. The van der Waals surface area contributed by atoms with Crippen molar-refractivity contribution in [3.8, 4) is 0 Å². The van der Waals surface area contributed by atoms with E-state index in [0.29, 0.717) is 5.03 Å². The minimum absolute atomic E-state index is 0.671. The zero-order chi connectivity index (χ0) is 7.40. The molecule has 0 atom stereocenters. The molecule has 3 nitrogen and oxygen atoms in total. The fourth-order valence-corrected chi connectivity index (χ4v) is 2.49. The van der Waals surface area contributed by atoms with Crippen LogP contribution in [-0.2, 0) is 0 Å². The van der Waals surface area contributed by atoms with Gasteiger partial charge in [0.25, 0.3) is 0 Å². The molecule has 0 unspecified atom stereocenters. The van der Waals surface area contributed by atoms with Gasteiger partial charge in [0.2, 0.25) is 0 Å². The fraction of sp³-hybridized carbons (Fsp3) is 0.600. The molecular formula is C5H12N2OS. The van der Waals surface area contributed by atoms with E-state index in [1.807, 2.05) is 18.8 Å². The number of nitrogens with zero attached hydrogens (tertiary/aromatic N) is 1. The molecule has 0 radical (unpaired) electrons. The van der Waals surface area contributed by atoms with E-state index in [0.717, 1.165) is 0 Å². The van der Waals surface area contributed by atoms with Crippen LogP contribution in [0.15, 0.2) is 15.0 Å². The van der Waals surface area contributed by atoms with Crippen LogP contribution in [0.25, 0.3) is 0 Å². The summed E-state index contributed by atoms with van der Waals surface area (Å²) in [5, 5.41) is 2.46. The second-order valence-electron chi connectivity index (χ2n) is 4.00. The number of hydrogen-bond donors (Lipinski definition) is 1. The molecule has 2 N–H and O–H groups in total. The smallest absolute Gasteiger partial charge is 0.0626 e. The van der Waals surface area contributed by atoms with E-state index in [1.54, 1.807) is 5.41 Å². The molecule has 0 saturated carbocycles. The lowest BCUT2D eigenvalue weighted by Crippen LogP contribution is -2.17. The number of nitroso groups, excluding NO2 is 1. The highest BCUT2D eigenvalue weighted by Gasteiger charge is 2.61. The number of hydrogen-bond acceptors (Lipinski definition) is 3. The van der Waals surface area contributed by atoms with E-state index in [4.69, 9.17) is 5.73 Å². The Labute approximate surface area is 53.7 Å². The third-order valence-corrected chi connectivity index (χ3v) is 5.33. The normalized spacial score (nSPS) is 40.1. The van der Waals surface area contributed by atoms with Crippen LogP contribution in [0.5, 0.6) is 0 Å². The lowest BCUT2D eigenvalue weighted by Gasteiger charge is -2.47. The lowest BCUT2D eigenvalue weighted by molar-refractivity contribution is 1.55. The summed E-state index contributed by atoms with van der Waals surface area (Å²) in [7, 11) is -2.73. The van der Waals surface area contributed by atoms with Crippen LogP contribution < -0.4 is 5.73 Å². The van der Waals surface area contributed by atoms with Gasteiger partial charge in [-0.1, -0.05) is 0 Å². The van der Waals surface area contributed by atoms with E-state index < -0.39 is 8.48 Å². The Morgan fingerprint density at radius 3 is 1.89 bits per heavy atom. The monoisotopic (exact) mass is 148 g/mol. The summed E-state index contributed by atoms with van der Waals surface area (Å²) < 4.78 is 3.13. The van der Waals surface area contributed by atoms with Crippen LogP contribution in [0, 0.1) is 4.91 Å². The topological polar surface area (TPSA) is 55.5 Å². The highest BCUT2D eigenvalue weighted by molar-refractivity contribution is 8.71. The van der Waals surface area contributed by atoms with Gasteiger partial charge in [0, 0.05) is 0 Å². The summed E-state index contributed by atoms with van der Waals surface area (Å²) >= 11 is 0. The van der Waals surface area contributed by atoms with Gasteiger partial charge in [0.15, 0.2) is 0 Å². The maximum Gasteiger partial charge on any atom is 0.0626 e. The zero-order valence-electron chi connectivity index (χ0n) is 5.92. The van der Waals surface area contributed by atoms with Crippen LogP contribution in [0.1, 0.15) is 0 Å². The summed E-state index contributed by atoms with van der Waals surface area (Å²) in [4.78, 5) is 10.4. The maximum absolute atomic E-state index is 10.4. The van der Waals surface area contributed by atoms with Crippen molar-refractivity contribution in [3.05, 3.63) is 15.3 Å². The Kier molecular flexibility index (Phi) is 0.610. The minimum atomic E-state index is -2.73. The minimum Gasteiger partial charge on any atom is -0.394 e. The molecule has 1 aliphatic rings. The van der Waals surface area contributed by atoms with Crippen LogP contribution in [0.2, 0.25) is 0 Å². The Hall–Kier alpha value is -0.510. The Morgan fingerprint density at radius 2 is 1.89 bits per heavy atom. The molecule has 0 amide bonds. The maximum atomic E-state index is 10.4. The van der Waals surface area contributed by atoms with Gasteiger partial charge in [-0.2, -0.15) is 0 Å². The van der Waals surface area contributed by atoms with Crippen LogP contribution in [-0.4, -0.2) is 18.8 Å². The van der Waals surface area contributed by atoms with Gasteiger partial charge in [-0.3, -0.25) is 0 Å². The highest BCUT2D eigenvalue weighted by Crippen LogP contribution is 2.98. The van der Waals surface area contributed by atoms with Crippen LogP contribution >= 0.6 is 8.48 Å². The van der Waals surface area contributed by atoms with Gasteiger partial charge in [0.05, 0.1) is 5.03 Å². The van der Waals surface area contributed by atoms with Crippen molar-refractivity contribution >= 4 is 8.48 Å². The van der Waals surface area contributed by atoms with Gasteiger partial charge in [-0.05, 0) is 28.8 Å². The van der Waals surface area contributed by atoms with Crippen molar-refractivity contribution < 1.29 is 0 Å². The molecule has 0 saturated heterocycles. The molecule has 1 rings (SSSR count). The van der Waals surface area contributed by atoms with Crippen molar-refractivity contribution in [2.75, 3.05) is 18.8 Å². The summed E-state index contributed by atoms with van der Waals surface area (Å²) in [6, 6.07) is 0. The highest BCUT2D eigenvalue weighted by atomic mass is 32.4. The van der Waals surface area contributed by atoms with Crippen molar-refractivity contribution in [2.45, 2.75) is 0 Å². The van der Waals surface area contributed by atoms with Gasteiger partial charge < -0.3 is 5.73 Å². The Bertz CT molecular complexity index is 232. The summed E-state index contributed by atoms with van der Waals surface area (Å²) in [6.45, 7) is 0. The van der Waals surface area contributed by atoms with Crippen LogP contribution in [0.3, 0.4) is 0 Å². The second-order valence-corrected chi connectivity index (χ2v) is 11.7. The molecule has 0 spiro atoms. The standard InChI is InChI=1S/C5H12N2OS/c1-9(2,3,7-8)4-5(9)6/h4H,6H2,1-3H3. The first-order valence-electron chi connectivity index (χ1n) is 2.61. The summed E-state index contributed by atoms with van der Waals surface area (Å²) in [6.07, 6.45) is 5.51. The average Bonchev–Trinajstić information content (AvgIpc) is 2.07. The Morgan fingerprint density at radius 1 is 1.56 bits per heavy atom. The van der Waals surface area contributed by atoms with Gasteiger partial charge >= 0.3 is 0 Å². The van der Waals surface area contributed by atoms with Gasteiger partial charge in [-0.25, -0.2) is 0 Å². The largest absolute Gasteiger partial charge is 0.394 e. The molecule has 0 aromatic rings. The van der Waals surface area contributed by atoms with E-state index in [1.165, 1.54) is 0 Å². The van der Waals surface area contributed by atoms with Crippen molar-refractivity contribution in [1.29, 1.82) is 0 Å². The molecule has 54 valence electrons. The van der Waals surface area contributed by atoms with E-state index >= 15 is 0 Å². The third kappa shape index (κ3) is 0.594. The molecule has 4 heteroatoms. The third-order valence-electron chi connectivity index (χ3n) is 1.78. The second kappa shape index (κ2) is 0.831. The predicted octanol–water partition coefficient (Wildman–Crippen LogP) is 1.20. The van der Waals surface area contributed by atoms with Gasteiger partial charge in [-0.15, -0.1) is 13.4 Å². The summed E-state index contributed by atoms with van der Waals surface area (Å²) in [5.41, 5.74) is 5.50. The first-order valence-corrected chi connectivity index (χ1v) is 6.30. The molecule has 1 aliphatic heterocycles. The summed E-state index contributed by atoms with van der Waals surface area (Å²) in [5.74, 6) is 0. The molecule has 0 aliphatic carbocycles. The SMILES string of the molecule is CS1(C)(C)(N=O)C=C1N. The lowest BCUT2D eigenvalue weighted by atomic mass is 11.1. The molecule has 0 aromatic heterocycles. The molecule has 0 aromatic carbocycles. The van der Waals surface area contributed by atoms with Gasteiger partial charge in [0.1, 0.15) is 0 Å².